The molecule has 0 spiro atoms. The molecule has 3 rings (SSSR count). The van der Waals surface area contributed by atoms with E-state index in [1.54, 1.807) is 23.7 Å². The number of carbonyl (C=O) groups excluding carboxylic acids is 2. The third kappa shape index (κ3) is 4.25. The first-order chi connectivity index (χ1) is 13.4. The molecular weight excluding hydrogens is 354 g/mol. The molecule has 150 valence electrons. The molecule has 1 fully saturated rings. The average molecular weight is 383 g/mol. The molecule has 0 bridgehead atoms. The quantitative estimate of drug-likeness (QED) is 0.820. The lowest BCUT2D eigenvalue weighted by molar-refractivity contribution is -0.135. The van der Waals surface area contributed by atoms with Gasteiger partial charge in [-0.25, -0.2) is 0 Å². The number of nitrogens with one attached hydrogen (secondary N) is 1. The maximum atomic E-state index is 13.2. The number of hydrogen-bond donors (Lipinski definition) is 1. The Morgan fingerprint density at radius 1 is 1.21 bits per heavy atom. The number of rotatable bonds is 6. The Labute approximate surface area is 166 Å². The zero-order chi connectivity index (χ0) is 20.3. The first-order valence-corrected chi connectivity index (χ1v) is 9.69. The second-order valence-electron chi connectivity index (χ2n) is 7.57. The van der Waals surface area contributed by atoms with Crippen LogP contribution in [0.3, 0.4) is 0 Å². The molecule has 2 aromatic rings. The topological polar surface area (TPSA) is 70.5 Å². The van der Waals surface area contributed by atoms with Crippen molar-refractivity contribution in [1.82, 2.24) is 24.9 Å². The lowest BCUT2D eigenvalue weighted by Crippen LogP contribution is -2.38. The van der Waals surface area contributed by atoms with Gasteiger partial charge in [-0.05, 0) is 30.2 Å². The fourth-order valence-electron chi connectivity index (χ4n) is 3.73. The maximum absolute atomic E-state index is 13.2. The van der Waals surface area contributed by atoms with Gasteiger partial charge in [-0.1, -0.05) is 12.1 Å². The van der Waals surface area contributed by atoms with Crippen molar-refractivity contribution in [1.29, 1.82) is 0 Å². The normalized spacial score (nSPS) is 18.9. The first kappa shape index (κ1) is 20.1. The third-order valence-electron chi connectivity index (χ3n) is 5.36. The molecule has 1 aliphatic rings. The van der Waals surface area contributed by atoms with Gasteiger partial charge in [0.2, 0.25) is 5.91 Å². The Morgan fingerprint density at radius 3 is 2.50 bits per heavy atom. The van der Waals surface area contributed by atoms with Crippen LogP contribution in [0.2, 0.25) is 0 Å². The highest BCUT2D eigenvalue weighted by Gasteiger charge is 2.36. The van der Waals surface area contributed by atoms with E-state index in [4.69, 9.17) is 0 Å². The number of carbonyl (C=O) groups is 2. The van der Waals surface area contributed by atoms with Gasteiger partial charge < -0.3 is 15.1 Å². The van der Waals surface area contributed by atoms with Crippen LogP contribution in [-0.2, 0) is 18.4 Å². The summed E-state index contributed by atoms with van der Waals surface area (Å²) in [7, 11) is 5.37. The molecule has 2 heterocycles. The van der Waals surface area contributed by atoms with Crippen molar-refractivity contribution in [2.24, 2.45) is 13.0 Å². The molecule has 1 saturated heterocycles. The lowest BCUT2D eigenvalue weighted by atomic mass is 9.89. The number of aryl methyl sites for hydroxylation is 1. The summed E-state index contributed by atoms with van der Waals surface area (Å²) in [5.74, 6) is 0.204. The SMILES string of the molecule is CCN(Cc1ccc(C(=O)N(C)C)cc1)C(=O)[C@H]1CNC[C@@H]1c1cnn(C)c1. The molecule has 1 aromatic heterocycles. The highest BCUT2D eigenvalue weighted by molar-refractivity contribution is 5.93. The maximum Gasteiger partial charge on any atom is 0.253 e. The molecule has 7 heteroatoms. The molecule has 2 atom stereocenters. The lowest BCUT2D eigenvalue weighted by Gasteiger charge is -2.27. The van der Waals surface area contributed by atoms with E-state index in [0.29, 0.717) is 25.2 Å². The Bertz CT molecular complexity index is 828. The molecule has 2 amide bonds. The summed E-state index contributed by atoms with van der Waals surface area (Å²) >= 11 is 0. The molecule has 28 heavy (non-hydrogen) atoms. The zero-order valence-electron chi connectivity index (χ0n) is 17.1. The van der Waals surface area contributed by atoms with Gasteiger partial charge in [0, 0.05) is 65.0 Å². The molecule has 1 N–H and O–H groups in total. The van der Waals surface area contributed by atoms with Crippen molar-refractivity contribution >= 4 is 11.8 Å². The summed E-state index contributed by atoms with van der Waals surface area (Å²) in [6.07, 6.45) is 3.85. The van der Waals surface area contributed by atoms with Crippen molar-refractivity contribution in [3.63, 3.8) is 0 Å². The molecular formula is C21H29N5O2. The minimum Gasteiger partial charge on any atom is -0.345 e. The predicted molar refractivity (Wildman–Crippen MR) is 108 cm³/mol. The van der Waals surface area contributed by atoms with E-state index >= 15 is 0 Å². The van der Waals surface area contributed by atoms with Crippen LogP contribution in [0.4, 0.5) is 0 Å². The highest BCUT2D eigenvalue weighted by Crippen LogP contribution is 2.29. The van der Waals surface area contributed by atoms with E-state index in [1.807, 2.05) is 55.5 Å². The number of amides is 2. The van der Waals surface area contributed by atoms with E-state index < -0.39 is 0 Å². The molecule has 0 aliphatic carbocycles. The van der Waals surface area contributed by atoms with E-state index in [1.165, 1.54) is 0 Å². The first-order valence-electron chi connectivity index (χ1n) is 9.69. The molecule has 0 unspecified atom stereocenters. The van der Waals surface area contributed by atoms with Crippen LogP contribution in [0.15, 0.2) is 36.7 Å². The van der Waals surface area contributed by atoms with E-state index in [9.17, 15) is 9.59 Å². The average Bonchev–Trinajstić information content (AvgIpc) is 3.34. The van der Waals surface area contributed by atoms with Crippen LogP contribution in [-0.4, -0.2) is 65.1 Å². The summed E-state index contributed by atoms with van der Waals surface area (Å²) in [5.41, 5.74) is 2.78. The molecule has 7 nitrogen and oxygen atoms in total. The van der Waals surface area contributed by atoms with Crippen LogP contribution in [0.25, 0.3) is 0 Å². The van der Waals surface area contributed by atoms with Crippen molar-refractivity contribution in [2.75, 3.05) is 33.7 Å². The minimum absolute atomic E-state index is 0.0219. The van der Waals surface area contributed by atoms with E-state index in [2.05, 4.69) is 10.4 Å². The van der Waals surface area contributed by atoms with Crippen molar-refractivity contribution in [3.8, 4) is 0 Å². The minimum atomic E-state index is -0.0845. The van der Waals surface area contributed by atoms with Gasteiger partial charge in [-0.15, -0.1) is 0 Å². The summed E-state index contributed by atoms with van der Waals surface area (Å²) in [6.45, 7) is 4.67. The van der Waals surface area contributed by atoms with Gasteiger partial charge in [0.15, 0.2) is 0 Å². The fourth-order valence-corrected chi connectivity index (χ4v) is 3.73. The number of benzene rings is 1. The van der Waals surface area contributed by atoms with Crippen LogP contribution in [0.5, 0.6) is 0 Å². The number of hydrogen-bond acceptors (Lipinski definition) is 4. The standard InChI is InChI=1S/C21H29N5O2/c1-5-26(13-15-6-8-16(9-7-15)20(27)24(2)3)21(28)19-12-22-11-18(19)17-10-23-25(4)14-17/h6-10,14,18-19,22H,5,11-13H2,1-4H3/t18-,19+/m1/s1. The van der Waals surface area contributed by atoms with Crippen molar-refractivity contribution < 1.29 is 9.59 Å². The summed E-state index contributed by atoms with van der Waals surface area (Å²) in [5, 5.41) is 7.61. The monoisotopic (exact) mass is 383 g/mol. The Balaban J connectivity index is 1.70. The molecule has 0 radical (unpaired) electrons. The van der Waals surface area contributed by atoms with Crippen molar-refractivity contribution in [2.45, 2.75) is 19.4 Å². The molecule has 0 saturated carbocycles. The van der Waals surface area contributed by atoms with Gasteiger partial charge >= 0.3 is 0 Å². The second kappa shape index (κ2) is 8.56. The molecule has 1 aromatic carbocycles. The van der Waals surface area contributed by atoms with Crippen LogP contribution in [0, 0.1) is 5.92 Å². The summed E-state index contributed by atoms with van der Waals surface area (Å²) < 4.78 is 1.78. The zero-order valence-corrected chi connectivity index (χ0v) is 17.1. The van der Waals surface area contributed by atoms with Crippen LogP contribution in [0.1, 0.15) is 34.3 Å². The Kier molecular flexibility index (Phi) is 6.14. The predicted octanol–water partition coefficient (Wildman–Crippen LogP) is 1.47. The largest absolute Gasteiger partial charge is 0.345 e. The van der Waals surface area contributed by atoms with Crippen molar-refractivity contribution in [3.05, 3.63) is 53.3 Å². The number of nitrogens with zero attached hydrogens (tertiary/aromatic N) is 4. The van der Waals surface area contributed by atoms with Crippen LogP contribution >= 0.6 is 0 Å². The smallest absolute Gasteiger partial charge is 0.253 e. The summed E-state index contributed by atoms with van der Waals surface area (Å²) in [6, 6.07) is 7.51. The Hall–Kier alpha value is -2.67. The second-order valence-corrected chi connectivity index (χ2v) is 7.57. The van der Waals surface area contributed by atoms with Gasteiger partial charge in [-0.3, -0.25) is 14.3 Å². The van der Waals surface area contributed by atoms with Gasteiger partial charge in [0.25, 0.3) is 5.91 Å². The van der Waals surface area contributed by atoms with Gasteiger partial charge in [-0.2, -0.15) is 5.10 Å². The van der Waals surface area contributed by atoms with Gasteiger partial charge in [0.05, 0.1) is 12.1 Å². The fraction of sp³-hybridized carbons (Fsp3) is 0.476. The highest BCUT2D eigenvalue weighted by atomic mass is 16.2. The van der Waals surface area contributed by atoms with Gasteiger partial charge in [0.1, 0.15) is 0 Å². The van der Waals surface area contributed by atoms with Crippen LogP contribution < -0.4 is 5.32 Å². The Morgan fingerprint density at radius 2 is 1.93 bits per heavy atom. The molecule has 1 aliphatic heterocycles. The third-order valence-corrected chi connectivity index (χ3v) is 5.36. The summed E-state index contributed by atoms with van der Waals surface area (Å²) in [4.78, 5) is 28.7. The van der Waals surface area contributed by atoms with E-state index in [0.717, 1.165) is 17.7 Å². The number of aromatic nitrogens is 2. The van der Waals surface area contributed by atoms with E-state index in [-0.39, 0.29) is 23.7 Å².